The average Bonchev–Trinajstić information content (AvgIpc) is 3.39. The highest BCUT2D eigenvalue weighted by atomic mass is 32.2. The number of hydrogen-bond acceptors (Lipinski definition) is 4. The number of benzene rings is 1. The molecular formula is C20H28N4OS. The summed E-state index contributed by atoms with van der Waals surface area (Å²) >= 11 is 1.48. The fourth-order valence-electron chi connectivity index (χ4n) is 3.15. The molecule has 26 heavy (non-hydrogen) atoms. The third-order valence-corrected chi connectivity index (χ3v) is 5.55. The number of aromatic nitrogens is 3. The Kier molecular flexibility index (Phi) is 6.35. The molecule has 1 aliphatic carbocycles. The number of thioether (sulfide) groups is 1. The van der Waals surface area contributed by atoms with Gasteiger partial charge in [-0.2, -0.15) is 0 Å². The van der Waals surface area contributed by atoms with Crippen molar-refractivity contribution >= 4 is 17.7 Å². The van der Waals surface area contributed by atoms with E-state index in [1.807, 2.05) is 18.2 Å². The van der Waals surface area contributed by atoms with Crippen molar-refractivity contribution in [2.24, 2.45) is 5.92 Å². The van der Waals surface area contributed by atoms with Crippen molar-refractivity contribution in [1.29, 1.82) is 0 Å². The molecule has 0 saturated heterocycles. The van der Waals surface area contributed by atoms with E-state index >= 15 is 0 Å². The third-order valence-electron chi connectivity index (χ3n) is 4.58. The monoisotopic (exact) mass is 372 g/mol. The van der Waals surface area contributed by atoms with E-state index in [0.717, 1.165) is 29.5 Å². The molecule has 1 amide bonds. The van der Waals surface area contributed by atoms with Crippen LogP contribution in [0.4, 0.5) is 0 Å². The number of carbonyl (C=O) groups is 1. The number of nitrogens with one attached hydrogen (secondary N) is 1. The van der Waals surface area contributed by atoms with Crippen molar-refractivity contribution in [2.75, 3.05) is 5.75 Å². The van der Waals surface area contributed by atoms with Gasteiger partial charge in [-0.05, 0) is 37.7 Å². The summed E-state index contributed by atoms with van der Waals surface area (Å²) in [6, 6.07) is 10.3. The number of amides is 1. The lowest BCUT2D eigenvalue weighted by Gasteiger charge is -2.21. The van der Waals surface area contributed by atoms with Crippen LogP contribution < -0.4 is 5.32 Å². The molecule has 1 aromatic heterocycles. The molecule has 1 saturated carbocycles. The Bertz CT molecular complexity index is 725. The lowest BCUT2D eigenvalue weighted by Crippen LogP contribution is -2.31. The number of carbonyl (C=O) groups excluding carboxylic acids is 1. The fourth-order valence-corrected chi connectivity index (χ4v) is 3.97. The van der Waals surface area contributed by atoms with E-state index in [1.165, 1.54) is 24.6 Å². The summed E-state index contributed by atoms with van der Waals surface area (Å²) in [5, 5.41) is 12.7. The molecule has 1 aromatic carbocycles. The predicted octanol–water partition coefficient (Wildman–Crippen LogP) is 4.17. The van der Waals surface area contributed by atoms with Crippen LogP contribution in [0.25, 0.3) is 0 Å². The summed E-state index contributed by atoms with van der Waals surface area (Å²) in [7, 11) is 0. The van der Waals surface area contributed by atoms with Crippen LogP contribution >= 0.6 is 11.8 Å². The first-order chi connectivity index (χ1) is 12.6. The summed E-state index contributed by atoms with van der Waals surface area (Å²) in [6.45, 7) is 7.32. The van der Waals surface area contributed by atoms with Gasteiger partial charge in [0.25, 0.3) is 0 Å². The van der Waals surface area contributed by atoms with E-state index in [2.05, 4.69) is 53.0 Å². The maximum Gasteiger partial charge on any atom is 0.230 e. The van der Waals surface area contributed by atoms with Crippen LogP contribution in [0.2, 0.25) is 0 Å². The lowest BCUT2D eigenvalue weighted by molar-refractivity contribution is -0.119. The standard InChI is InChI=1S/C20H28N4OS/c1-4-24-19(16-10-11-16)22-23-20(24)26-13-18(25)21-17(12-14(2)3)15-8-6-5-7-9-15/h5-9,14,16-17H,4,10-13H2,1-3H3,(H,21,25). The van der Waals surface area contributed by atoms with Gasteiger partial charge in [0.1, 0.15) is 5.82 Å². The minimum atomic E-state index is 0.0446. The molecular weight excluding hydrogens is 344 g/mol. The second kappa shape index (κ2) is 8.71. The van der Waals surface area contributed by atoms with Crippen LogP contribution in [0.1, 0.15) is 63.4 Å². The average molecular weight is 373 g/mol. The smallest absolute Gasteiger partial charge is 0.230 e. The molecule has 0 aliphatic heterocycles. The van der Waals surface area contributed by atoms with Gasteiger partial charge in [-0.15, -0.1) is 10.2 Å². The first-order valence-corrected chi connectivity index (χ1v) is 10.5. The molecule has 1 heterocycles. The highest BCUT2D eigenvalue weighted by molar-refractivity contribution is 7.99. The molecule has 1 aliphatic rings. The van der Waals surface area contributed by atoms with Gasteiger partial charge in [0, 0.05) is 12.5 Å². The molecule has 1 unspecified atom stereocenters. The first-order valence-electron chi connectivity index (χ1n) is 9.48. The van der Waals surface area contributed by atoms with Gasteiger partial charge in [0.15, 0.2) is 5.16 Å². The highest BCUT2D eigenvalue weighted by Crippen LogP contribution is 2.40. The second-order valence-corrected chi connectivity index (χ2v) is 8.25. The predicted molar refractivity (Wildman–Crippen MR) is 105 cm³/mol. The Morgan fingerprint density at radius 1 is 1.27 bits per heavy atom. The van der Waals surface area contributed by atoms with Crippen molar-refractivity contribution in [1.82, 2.24) is 20.1 Å². The molecule has 5 nitrogen and oxygen atoms in total. The van der Waals surface area contributed by atoms with Crippen molar-refractivity contribution in [2.45, 2.75) is 63.7 Å². The van der Waals surface area contributed by atoms with Crippen LogP contribution in [-0.4, -0.2) is 26.4 Å². The van der Waals surface area contributed by atoms with E-state index in [0.29, 0.717) is 17.6 Å². The Hall–Kier alpha value is -1.82. The van der Waals surface area contributed by atoms with Crippen LogP contribution in [0.5, 0.6) is 0 Å². The van der Waals surface area contributed by atoms with Crippen molar-refractivity contribution in [3.63, 3.8) is 0 Å². The summed E-state index contributed by atoms with van der Waals surface area (Å²) in [5.74, 6) is 2.57. The van der Waals surface area contributed by atoms with E-state index < -0.39 is 0 Å². The molecule has 6 heteroatoms. The first kappa shape index (κ1) is 19.0. The Labute approximate surface area is 160 Å². The normalized spacial score (nSPS) is 15.2. The molecule has 140 valence electrons. The van der Waals surface area contributed by atoms with Gasteiger partial charge in [0.05, 0.1) is 11.8 Å². The summed E-state index contributed by atoms with van der Waals surface area (Å²) < 4.78 is 2.15. The van der Waals surface area contributed by atoms with Gasteiger partial charge in [-0.1, -0.05) is 55.9 Å². The van der Waals surface area contributed by atoms with Crippen molar-refractivity contribution in [3.8, 4) is 0 Å². The highest BCUT2D eigenvalue weighted by Gasteiger charge is 2.30. The maximum atomic E-state index is 12.5. The quantitative estimate of drug-likeness (QED) is 0.671. The molecule has 2 aromatic rings. The van der Waals surface area contributed by atoms with Crippen molar-refractivity contribution in [3.05, 3.63) is 41.7 Å². The van der Waals surface area contributed by atoms with E-state index in [4.69, 9.17) is 0 Å². The Morgan fingerprint density at radius 3 is 2.62 bits per heavy atom. The molecule has 3 rings (SSSR count). The van der Waals surface area contributed by atoms with Crippen LogP contribution in [0.3, 0.4) is 0 Å². The Balaban J connectivity index is 1.60. The lowest BCUT2D eigenvalue weighted by atomic mass is 9.97. The number of hydrogen-bond donors (Lipinski definition) is 1. The summed E-state index contributed by atoms with van der Waals surface area (Å²) in [4.78, 5) is 12.5. The molecule has 1 atom stereocenters. The minimum absolute atomic E-state index is 0.0446. The Morgan fingerprint density at radius 2 is 2.00 bits per heavy atom. The van der Waals surface area contributed by atoms with Crippen LogP contribution in [0.15, 0.2) is 35.5 Å². The zero-order valence-electron chi connectivity index (χ0n) is 15.8. The van der Waals surface area contributed by atoms with E-state index in [-0.39, 0.29) is 11.9 Å². The van der Waals surface area contributed by atoms with Crippen LogP contribution in [-0.2, 0) is 11.3 Å². The van der Waals surface area contributed by atoms with Gasteiger partial charge >= 0.3 is 0 Å². The summed E-state index contributed by atoms with van der Waals surface area (Å²) in [6.07, 6.45) is 3.34. The van der Waals surface area contributed by atoms with Gasteiger partial charge in [0.2, 0.25) is 5.91 Å². The molecule has 1 N–H and O–H groups in total. The minimum Gasteiger partial charge on any atom is -0.349 e. The van der Waals surface area contributed by atoms with Crippen molar-refractivity contribution < 1.29 is 4.79 Å². The van der Waals surface area contributed by atoms with Crippen LogP contribution in [0, 0.1) is 5.92 Å². The van der Waals surface area contributed by atoms with Gasteiger partial charge in [-0.3, -0.25) is 4.79 Å². The zero-order valence-corrected chi connectivity index (χ0v) is 16.6. The van der Waals surface area contributed by atoms with E-state index in [9.17, 15) is 4.79 Å². The number of nitrogens with zero attached hydrogens (tertiary/aromatic N) is 3. The fraction of sp³-hybridized carbons (Fsp3) is 0.550. The van der Waals surface area contributed by atoms with E-state index in [1.54, 1.807) is 0 Å². The largest absolute Gasteiger partial charge is 0.349 e. The van der Waals surface area contributed by atoms with Gasteiger partial charge < -0.3 is 9.88 Å². The maximum absolute atomic E-state index is 12.5. The molecule has 0 radical (unpaired) electrons. The zero-order chi connectivity index (χ0) is 18.5. The SMILES string of the molecule is CCn1c(SCC(=O)NC(CC(C)C)c2ccccc2)nnc1C1CC1. The molecule has 1 fully saturated rings. The second-order valence-electron chi connectivity index (χ2n) is 7.31. The number of rotatable bonds is 9. The topological polar surface area (TPSA) is 59.8 Å². The summed E-state index contributed by atoms with van der Waals surface area (Å²) in [5.41, 5.74) is 1.16. The third kappa shape index (κ3) is 4.87. The molecule has 0 spiro atoms. The van der Waals surface area contributed by atoms with Gasteiger partial charge in [-0.25, -0.2) is 0 Å². The molecule has 0 bridgehead atoms.